The zero-order valence-corrected chi connectivity index (χ0v) is 9.77. The van der Waals surface area contributed by atoms with Crippen LogP contribution in [0.5, 0.6) is 0 Å². The zero-order chi connectivity index (χ0) is 13.1. The number of carbonyl (C=O) groups is 1. The molecule has 0 fully saturated rings. The molecule has 2 rings (SSSR count). The first-order valence-corrected chi connectivity index (χ1v) is 5.35. The fourth-order valence-electron chi connectivity index (χ4n) is 1.65. The number of hydrogen-bond acceptors (Lipinski definition) is 3. The zero-order valence-electron chi connectivity index (χ0n) is 9.77. The van der Waals surface area contributed by atoms with Crippen molar-refractivity contribution in [2.24, 2.45) is 5.73 Å². The van der Waals surface area contributed by atoms with Crippen LogP contribution >= 0.6 is 0 Å². The number of anilines is 2. The number of nitrogens with zero attached hydrogens (tertiary/aromatic N) is 1. The van der Waals surface area contributed by atoms with E-state index in [1.54, 1.807) is 25.1 Å². The molecule has 18 heavy (non-hydrogen) atoms. The molecule has 92 valence electrons. The highest BCUT2D eigenvalue weighted by molar-refractivity contribution is 5.98. The van der Waals surface area contributed by atoms with Crippen LogP contribution < -0.4 is 11.1 Å². The standard InChI is InChI=1S/C13H12FN3O/c1-8-5-9(14)7-10(6-8)17-13-11(12(15)18)3-2-4-16-13/h2-7H,1H3,(H2,15,18)(H,16,17). The van der Waals surface area contributed by atoms with Gasteiger partial charge in [0.05, 0.1) is 5.56 Å². The third-order valence-corrected chi connectivity index (χ3v) is 2.38. The first-order valence-electron chi connectivity index (χ1n) is 5.35. The largest absolute Gasteiger partial charge is 0.365 e. The Labute approximate surface area is 104 Å². The Bertz CT molecular complexity index is 578. The van der Waals surface area contributed by atoms with Gasteiger partial charge in [-0.15, -0.1) is 0 Å². The molecular weight excluding hydrogens is 233 g/mol. The van der Waals surface area contributed by atoms with Crippen molar-refractivity contribution in [1.82, 2.24) is 4.98 Å². The van der Waals surface area contributed by atoms with Gasteiger partial charge in [0.25, 0.3) is 5.91 Å². The quantitative estimate of drug-likeness (QED) is 0.872. The van der Waals surface area contributed by atoms with Crippen molar-refractivity contribution >= 4 is 17.4 Å². The van der Waals surface area contributed by atoms with Crippen molar-refractivity contribution in [2.75, 3.05) is 5.32 Å². The fourth-order valence-corrected chi connectivity index (χ4v) is 1.65. The summed E-state index contributed by atoms with van der Waals surface area (Å²) in [5.41, 5.74) is 6.79. The second-order valence-corrected chi connectivity index (χ2v) is 3.91. The summed E-state index contributed by atoms with van der Waals surface area (Å²) in [6, 6.07) is 7.67. The molecule has 0 aliphatic rings. The van der Waals surface area contributed by atoms with Crippen LogP contribution in [0.1, 0.15) is 15.9 Å². The number of benzene rings is 1. The van der Waals surface area contributed by atoms with Crippen LogP contribution in [0.25, 0.3) is 0 Å². The van der Waals surface area contributed by atoms with Crippen LogP contribution in [0.3, 0.4) is 0 Å². The summed E-state index contributed by atoms with van der Waals surface area (Å²) >= 11 is 0. The molecule has 0 saturated carbocycles. The van der Waals surface area contributed by atoms with E-state index >= 15 is 0 Å². The molecule has 0 aliphatic carbocycles. The van der Waals surface area contributed by atoms with Crippen LogP contribution in [-0.4, -0.2) is 10.9 Å². The number of primary amides is 1. The number of amides is 1. The molecule has 1 amide bonds. The van der Waals surface area contributed by atoms with E-state index < -0.39 is 5.91 Å². The maximum atomic E-state index is 13.2. The van der Waals surface area contributed by atoms with Gasteiger partial charge in [0.2, 0.25) is 0 Å². The number of carbonyl (C=O) groups excluding carboxylic acids is 1. The van der Waals surface area contributed by atoms with Gasteiger partial charge in [0.15, 0.2) is 0 Å². The Kier molecular flexibility index (Phi) is 3.23. The fraction of sp³-hybridized carbons (Fsp3) is 0.0769. The van der Waals surface area contributed by atoms with Gasteiger partial charge in [0, 0.05) is 11.9 Å². The summed E-state index contributed by atoms with van der Waals surface area (Å²) in [7, 11) is 0. The molecule has 1 aromatic heterocycles. The Morgan fingerprint density at radius 1 is 1.39 bits per heavy atom. The number of hydrogen-bond donors (Lipinski definition) is 2. The van der Waals surface area contributed by atoms with Crippen LogP contribution in [-0.2, 0) is 0 Å². The summed E-state index contributed by atoms with van der Waals surface area (Å²) in [6.07, 6.45) is 1.53. The molecule has 3 N–H and O–H groups in total. The van der Waals surface area contributed by atoms with Crippen molar-refractivity contribution in [3.8, 4) is 0 Å². The van der Waals surface area contributed by atoms with E-state index in [-0.39, 0.29) is 11.4 Å². The van der Waals surface area contributed by atoms with Crippen molar-refractivity contribution in [1.29, 1.82) is 0 Å². The Hall–Kier alpha value is -2.43. The van der Waals surface area contributed by atoms with Gasteiger partial charge < -0.3 is 11.1 Å². The molecule has 0 aliphatic heterocycles. The van der Waals surface area contributed by atoms with Gasteiger partial charge in [0.1, 0.15) is 11.6 Å². The Balaban J connectivity index is 2.37. The highest BCUT2D eigenvalue weighted by Crippen LogP contribution is 2.20. The van der Waals surface area contributed by atoms with Crippen molar-refractivity contribution in [3.63, 3.8) is 0 Å². The third-order valence-electron chi connectivity index (χ3n) is 2.38. The molecule has 1 heterocycles. The molecule has 4 nitrogen and oxygen atoms in total. The first kappa shape index (κ1) is 12.0. The Morgan fingerprint density at radius 2 is 2.17 bits per heavy atom. The number of halogens is 1. The second kappa shape index (κ2) is 4.83. The monoisotopic (exact) mass is 245 g/mol. The number of nitrogens with two attached hydrogens (primary N) is 1. The molecule has 0 unspecified atom stereocenters. The minimum Gasteiger partial charge on any atom is -0.365 e. The minimum absolute atomic E-state index is 0.263. The van der Waals surface area contributed by atoms with Gasteiger partial charge in [-0.2, -0.15) is 0 Å². The van der Waals surface area contributed by atoms with E-state index in [1.807, 2.05) is 0 Å². The lowest BCUT2D eigenvalue weighted by atomic mass is 10.2. The molecule has 0 saturated heterocycles. The number of nitrogens with one attached hydrogen (secondary N) is 1. The molecule has 0 bridgehead atoms. The van der Waals surface area contributed by atoms with Gasteiger partial charge >= 0.3 is 0 Å². The van der Waals surface area contributed by atoms with Crippen LogP contribution in [0.15, 0.2) is 36.5 Å². The molecule has 1 aromatic carbocycles. The van der Waals surface area contributed by atoms with E-state index in [9.17, 15) is 9.18 Å². The number of pyridine rings is 1. The van der Waals surface area contributed by atoms with Gasteiger partial charge in [-0.1, -0.05) is 0 Å². The molecular formula is C13H12FN3O. The van der Waals surface area contributed by atoms with Gasteiger partial charge in [-0.3, -0.25) is 4.79 Å². The molecule has 0 radical (unpaired) electrons. The highest BCUT2D eigenvalue weighted by Gasteiger charge is 2.09. The summed E-state index contributed by atoms with van der Waals surface area (Å²) < 4.78 is 13.2. The molecule has 0 atom stereocenters. The number of aryl methyl sites for hydroxylation is 1. The topological polar surface area (TPSA) is 68.0 Å². The molecule has 0 spiro atoms. The SMILES string of the molecule is Cc1cc(F)cc(Nc2ncccc2C(N)=O)c1. The smallest absolute Gasteiger partial charge is 0.252 e. The van der Waals surface area contributed by atoms with Gasteiger partial charge in [-0.25, -0.2) is 9.37 Å². The lowest BCUT2D eigenvalue weighted by molar-refractivity contribution is 0.100. The molecule has 5 heteroatoms. The minimum atomic E-state index is -0.585. The summed E-state index contributed by atoms with van der Waals surface area (Å²) in [5.74, 6) is -0.622. The second-order valence-electron chi connectivity index (χ2n) is 3.91. The van der Waals surface area contributed by atoms with E-state index in [0.717, 1.165) is 5.56 Å². The third kappa shape index (κ3) is 2.63. The van der Waals surface area contributed by atoms with E-state index in [0.29, 0.717) is 11.5 Å². The molecule has 2 aromatic rings. The Morgan fingerprint density at radius 3 is 2.83 bits per heavy atom. The average Bonchev–Trinajstić information content (AvgIpc) is 2.27. The van der Waals surface area contributed by atoms with Crippen molar-refractivity contribution < 1.29 is 9.18 Å². The van der Waals surface area contributed by atoms with E-state index in [2.05, 4.69) is 10.3 Å². The summed E-state index contributed by atoms with van der Waals surface area (Å²) in [6.45, 7) is 1.78. The maximum Gasteiger partial charge on any atom is 0.252 e. The van der Waals surface area contributed by atoms with E-state index in [1.165, 1.54) is 18.3 Å². The number of rotatable bonds is 3. The van der Waals surface area contributed by atoms with Crippen molar-refractivity contribution in [2.45, 2.75) is 6.92 Å². The van der Waals surface area contributed by atoms with Crippen LogP contribution in [0.4, 0.5) is 15.9 Å². The number of aromatic nitrogens is 1. The maximum absolute atomic E-state index is 13.2. The summed E-state index contributed by atoms with van der Waals surface area (Å²) in [4.78, 5) is 15.2. The van der Waals surface area contributed by atoms with Crippen LogP contribution in [0.2, 0.25) is 0 Å². The highest BCUT2D eigenvalue weighted by atomic mass is 19.1. The van der Waals surface area contributed by atoms with Crippen molar-refractivity contribution in [3.05, 3.63) is 53.5 Å². The average molecular weight is 245 g/mol. The van der Waals surface area contributed by atoms with Crippen LogP contribution in [0, 0.1) is 12.7 Å². The van der Waals surface area contributed by atoms with E-state index in [4.69, 9.17) is 5.73 Å². The first-order chi connectivity index (χ1) is 8.56. The lowest BCUT2D eigenvalue weighted by Gasteiger charge is -2.09. The summed E-state index contributed by atoms with van der Waals surface area (Å²) in [5, 5.41) is 2.88. The predicted octanol–water partition coefficient (Wildman–Crippen LogP) is 2.37. The van der Waals surface area contributed by atoms with Gasteiger partial charge in [-0.05, 0) is 42.8 Å². The normalized spacial score (nSPS) is 10.1. The predicted molar refractivity (Wildman–Crippen MR) is 67.2 cm³/mol. The lowest BCUT2D eigenvalue weighted by Crippen LogP contribution is -2.14.